The molecule has 0 spiro atoms. The molecule has 0 saturated heterocycles. The molecule has 2 aromatic heterocycles. The summed E-state index contributed by atoms with van der Waals surface area (Å²) in [6, 6.07) is 11.5. The number of carbonyl (C=O) groups is 1. The van der Waals surface area contributed by atoms with Gasteiger partial charge in [0, 0.05) is 36.1 Å². The number of aromatic nitrogens is 4. The molecule has 0 aliphatic rings. The number of carbonyl (C=O) groups excluding carboxylic acids is 1. The molecule has 0 aliphatic carbocycles. The molecule has 8 heteroatoms. The van der Waals surface area contributed by atoms with Gasteiger partial charge in [-0.05, 0) is 42.7 Å². The SMILES string of the molecule is CCCn1c(SCC(=O)NCCc2ccc(Cl)cc2)nnc1-c1ccncc1. The molecule has 2 heterocycles. The zero-order valence-electron chi connectivity index (χ0n) is 15.6. The first kappa shape index (κ1) is 20.4. The Balaban J connectivity index is 1.54. The summed E-state index contributed by atoms with van der Waals surface area (Å²) in [6.45, 7) is 3.49. The van der Waals surface area contributed by atoms with Gasteiger partial charge < -0.3 is 9.88 Å². The highest BCUT2D eigenvalue weighted by atomic mass is 35.5. The maximum absolute atomic E-state index is 12.2. The van der Waals surface area contributed by atoms with Crippen molar-refractivity contribution in [1.29, 1.82) is 0 Å². The van der Waals surface area contributed by atoms with E-state index < -0.39 is 0 Å². The van der Waals surface area contributed by atoms with Crippen LogP contribution in [-0.2, 0) is 17.8 Å². The van der Waals surface area contributed by atoms with Gasteiger partial charge >= 0.3 is 0 Å². The third-order valence-electron chi connectivity index (χ3n) is 4.08. The van der Waals surface area contributed by atoms with E-state index in [4.69, 9.17) is 11.6 Å². The predicted octanol–water partition coefficient (Wildman–Crippen LogP) is 3.85. The van der Waals surface area contributed by atoms with Gasteiger partial charge in [-0.25, -0.2) is 0 Å². The van der Waals surface area contributed by atoms with Crippen LogP contribution in [0.15, 0.2) is 53.9 Å². The first-order valence-corrected chi connectivity index (χ1v) is 10.5. The second-order valence-corrected chi connectivity index (χ2v) is 7.59. The topological polar surface area (TPSA) is 72.7 Å². The lowest BCUT2D eigenvalue weighted by atomic mass is 10.1. The number of nitrogens with zero attached hydrogens (tertiary/aromatic N) is 4. The van der Waals surface area contributed by atoms with Crippen LogP contribution in [0.5, 0.6) is 0 Å². The lowest BCUT2D eigenvalue weighted by Crippen LogP contribution is -2.27. The van der Waals surface area contributed by atoms with Crippen molar-refractivity contribution in [2.24, 2.45) is 0 Å². The lowest BCUT2D eigenvalue weighted by Gasteiger charge is -2.09. The minimum absolute atomic E-state index is 0.0181. The zero-order valence-corrected chi connectivity index (χ0v) is 17.2. The van der Waals surface area contributed by atoms with Crippen LogP contribution in [-0.4, -0.2) is 38.0 Å². The van der Waals surface area contributed by atoms with Crippen molar-refractivity contribution in [3.8, 4) is 11.4 Å². The van der Waals surface area contributed by atoms with Crippen LogP contribution < -0.4 is 5.32 Å². The molecule has 1 aromatic carbocycles. The Kier molecular flexibility index (Phi) is 7.45. The molecule has 0 bridgehead atoms. The molecule has 0 unspecified atom stereocenters. The Morgan fingerprint density at radius 2 is 1.89 bits per heavy atom. The van der Waals surface area contributed by atoms with Crippen molar-refractivity contribution in [3.05, 3.63) is 59.4 Å². The van der Waals surface area contributed by atoms with Crippen LogP contribution >= 0.6 is 23.4 Å². The molecular weight excluding hydrogens is 394 g/mol. The highest BCUT2D eigenvalue weighted by Gasteiger charge is 2.15. The van der Waals surface area contributed by atoms with Gasteiger partial charge in [0.15, 0.2) is 11.0 Å². The van der Waals surface area contributed by atoms with Crippen LogP contribution in [0, 0.1) is 0 Å². The molecule has 0 fully saturated rings. The first-order valence-electron chi connectivity index (χ1n) is 9.15. The number of amides is 1. The standard InChI is InChI=1S/C20H22ClN5OS/c1-2-13-26-19(16-8-10-22-11-9-16)24-25-20(26)28-14-18(27)23-12-7-15-3-5-17(21)6-4-15/h3-6,8-11H,2,7,12-14H2,1H3,(H,23,27). The average Bonchev–Trinajstić information content (AvgIpc) is 3.11. The number of thioether (sulfide) groups is 1. The van der Waals surface area contributed by atoms with E-state index in [1.165, 1.54) is 11.8 Å². The van der Waals surface area contributed by atoms with Crippen molar-refractivity contribution in [2.75, 3.05) is 12.3 Å². The molecular formula is C20H22ClN5OS. The van der Waals surface area contributed by atoms with Crippen molar-refractivity contribution < 1.29 is 4.79 Å². The highest BCUT2D eigenvalue weighted by Crippen LogP contribution is 2.23. The fraction of sp³-hybridized carbons (Fsp3) is 0.300. The average molecular weight is 416 g/mol. The number of benzene rings is 1. The maximum atomic E-state index is 12.2. The van der Waals surface area contributed by atoms with Gasteiger partial charge in [-0.3, -0.25) is 9.78 Å². The number of hydrogen-bond donors (Lipinski definition) is 1. The van der Waals surface area contributed by atoms with Gasteiger partial charge in [0.2, 0.25) is 5.91 Å². The Hall–Kier alpha value is -2.38. The summed E-state index contributed by atoms with van der Waals surface area (Å²) in [7, 11) is 0. The summed E-state index contributed by atoms with van der Waals surface area (Å²) in [5, 5.41) is 13.0. The summed E-state index contributed by atoms with van der Waals surface area (Å²) in [6.07, 6.45) is 5.20. The second kappa shape index (κ2) is 10.2. The van der Waals surface area contributed by atoms with Crippen molar-refractivity contribution >= 4 is 29.3 Å². The van der Waals surface area contributed by atoms with E-state index in [9.17, 15) is 4.79 Å². The van der Waals surface area contributed by atoms with Crippen LogP contribution in [0.4, 0.5) is 0 Å². The molecule has 0 radical (unpaired) electrons. The van der Waals surface area contributed by atoms with Gasteiger partial charge in [-0.15, -0.1) is 10.2 Å². The molecule has 1 N–H and O–H groups in total. The van der Waals surface area contributed by atoms with Crippen LogP contribution in [0.1, 0.15) is 18.9 Å². The van der Waals surface area contributed by atoms with Gasteiger partial charge in [-0.1, -0.05) is 42.4 Å². The van der Waals surface area contributed by atoms with E-state index in [1.807, 2.05) is 36.4 Å². The second-order valence-electron chi connectivity index (χ2n) is 6.21. The normalized spacial score (nSPS) is 10.8. The fourth-order valence-electron chi connectivity index (χ4n) is 2.71. The Bertz CT molecular complexity index is 899. The smallest absolute Gasteiger partial charge is 0.230 e. The van der Waals surface area contributed by atoms with E-state index in [2.05, 4.69) is 32.0 Å². The summed E-state index contributed by atoms with van der Waals surface area (Å²) in [5.41, 5.74) is 2.11. The third kappa shape index (κ3) is 5.56. The van der Waals surface area contributed by atoms with E-state index in [1.54, 1.807) is 12.4 Å². The molecule has 6 nitrogen and oxygen atoms in total. The summed E-state index contributed by atoms with van der Waals surface area (Å²) >= 11 is 7.29. The fourth-order valence-corrected chi connectivity index (χ4v) is 3.63. The van der Waals surface area contributed by atoms with Crippen molar-refractivity contribution in [2.45, 2.75) is 31.5 Å². The molecule has 0 saturated carbocycles. The van der Waals surface area contributed by atoms with Gasteiger partial charge in [-0.2, -0.15) is 0 Å². The number of halogens is 1. The maximum Gasteiger partial charge on any atom is 0.230 e. The van der Waals surface area contributed by atoms with Gasteiger partial charge in [0.05, 0.1) is 5.75 Å². The summed E-state index contributed by atoms with van der Waals surface area (Å²) in [4.78, 5) is 16.2. The molecule has 0 atom stereocenters. The van der Waals surface area contributed by atoms with Crippen molar-refractivity contribution in [3.63, 3.8) is 0 Å². The Morgan fingerprint density at radius 3 is 2.61 bits per heavy atom. The van der Waals surface area contributed by atoms with E-state index in [0.717, 1.165) is 41.5 Å². The van der Waals surface area contributed by atoms with E-state index in [-0.39, 0.29) is 5.91 Å². The largest absolute Gasteiger partial charge is 0.355 e. The van der Waals surface area contributed by atoms with E-state index in [0.29, 0.717) is 17.3 Å². The quantitative estimate of drug-likeness (QED) is 0.537. The molecule has 28 heavy (non-hydrogen) atoms. The molecule has 3 rings (SSSR count). The highest BCUT2D eigenvalue weighted by molar-refractivity contribution is 7.99. The van der Waals surface area contributed by atoms with Crippen LogP contribution in [0.25, 0.3) is 11.4 Å². The van der Waals surface area contributed by atoms with Crippen LogP contribution in [0.2, 0.25) is 5.02 Å². The van der Waals surface area contributed by atoms with E-state index >= 15 is 0 Å². The van der Waals surface area contributed by atoms with Gasteiger partial charge in [0.25, 0.3) is 0 Å². The monoisotopic (exact) mass is 415 g/mol. The minimum Gasteiger partial charge on any atom is -0.355 e. The number of nitrogens with one attached hydrogen (secondary N) is 1. The predicted molar refractivity (Wildman–Crippen MR) is 112 cm³/mol. The van der Waals surface area contributed by atoms with Crippen LogP contribution in [0.3, 0.4) is 0 Å². The molecule has 1 amide bonds. The molecule has 3 aromatic rings. The summed E-state index contributed by atoms with van der Waals surface area (Å²) < 4.78 is 2.06. The Labute approximate surface area is 173 Å². The minimum atomic E-state index is -0.0181. The zero-order chi connectivity index (χ0) is 19.8. The molecule has 146 valence electrons. The van der Waals surface area contributed by atoms with Gasteiger partial charge in [0.1, 0.15) is 0 Å². The summed E-state index contributed by atoms with van der Waals surface area (Å²) in [5.74, 6) is 1.09. The number of hydrogen-bond acceptors (Lipinski definition) is 5. The van der Waals surface area contributed by atoms with Crippen molar-refractivity contribution in [1.82, 2.24) is 25.1 Å². The Morgan fingerprint density at radius 1 is 1.14 bits per heavy atom. The first-order chi connectivity index (χ1) is 13.7. The third-order valence-corrected chi connectivity index (χ3v) is 5.30. The number of pyridine rings is 1. The lowest BCUT2D eigenvalue weighted by molar-refractivity contribution is -0.118. The number of rotatable bonds is 9. The molecule has 0 aliphatic heterocycles.